The highest BCUT2D eigenvalue weighted by atomic mass is 16.6. The normalized spacial score (nSPS) is 23.4. The topological polar surface area (TPSA) is 163 Å². The van der Waals surface area contributed by atoms with Crippen molar-refractivity contribution in [2.24, 2.45) is 5.92 Å². The maximum absolute atomic E-state index is 16.3. The second kappa shape index (κ2) is 17.8. The maximum Gasteiger partial charge on any atom is 0.421 e. The first-order valence-electron chi connectivity index (χ1n) is 22.2. The Labute approximate surface area is 381 Å². The van der Waals surface area contributed by atoms with E-state index < -0.39 is 59.4 Å². The molecule has 332 valence electrons. The molecule has 1 spiro atoms. The second-order valence-corrected chi connectivity index (χ2v) is 17.0. The number of esters is 1. The number of ether oxygens (including phenoxy) is 3. The molecule has 6 unspecified atom stereocenters. The van der Waals surface area contributed by atoms with Gasteiger partial charge in [0.1, 0.15) is 35.7 Å². The minimum absolute atomic E-state index is 0.0293. The molecule has 4 aliphatic rings. The number of imide groups is 1. The van der Waals surface area contributed by atoms with Crippen LogP contribution in [0.2, 0.25) is 0 Å². The second-order valence-electron chi connectivity index (χ2n) is 17.0. The van der Waals surface area contributed by atoms with Crippen LogP contribution in [0.15, 0.2) is 139 Å². The zero-order valence-corrected chi connectivity index (χ0v) is 36.2. The number of carbonyl (C=O) groups excluding carboxylic acids is 4. The summed E-state index contributed by atoms with van der Waals surface area (Å²) in [6, 6.07) is 34.7. The predicted octanol–water partition coefficient (Wildman–Crippen LogP) is 7.89. The van der Waals surface area contributed by atoms with Crippen LogP contribution in [0.4, 0.5) is 10.5 Å². The molecule has 2 saturated heterocycles. The first-order chi connectivity index (χ1) is 32.3. The van der Waals surface area contributed by atoms with Gasteiger partial charge in [-0.05, 0) is 96.0 Å². The van der Waals surface area contributed by atoms with Crippen LogP contribution >= 0.6 is 0 Å². The van der Waals surface area contributed by atoms with Crippen molar-refractivity contribution in [2.45, 2.75) is 61.9 Å². The van der Waals surface area contributed by atoms with E-state index in [1.807, 2.05) is 89.8 Å². The van der Waals surface area contributed by atoms with Crippen LogP contribution in [0, 0.1) is 17.8 Å². The number of hydrogen-bond donors (Lipinski definition) is 3. The van der Waals surface area contributed by atoms with E-state index in [0.717, 1.165) is 47.2 Å². The fourth-order valence-electron chi connectivity index (χ4n) is 10.4. The lowest BCUT2D eigenvalue weighted by Gasteiger charge is -2.46. The van der Waals surface area contributed by atoms with Gasteiger partial charge >= 0.3 is 12.1 Å². The first kappa shape index (κ1) is 42.4. The molecule has 13 heteroatoms. The molecular formula is C53H47N5O8. The van der Waals surface area contributed by atoms with Crippen LogP contribution in [0.3, 0.4) is 0 Å². The summed E-state index contributed by atoms with van der Waals surface area (Å²) in [5.74, 6) is 3.41. The van der Waals surface area contributed by atoms with Gasteiger partial charge in [0, 0.05) is 12.7 Å². The third kappa shape index (κ3) is 7.38. The van der Waals surface area contributed by atoms with Crippen LogP contribution in [-0.2, 0) is 40.6 Å². The van der Waals surface area contributed by atoms with Crippen LogP contribution in [0.1, 0.15) is 77.5 Å². The lowest BCUT2D eigenvalue weighted by molar-refractivity contribution is -0.178. The SMILES string of the molecule is COCCOC(=O)N1C(=O)C2(c3cc(C#CC4=CCCCC4)ccc31)C(C(=O)NCc1nc3ccccc3[nH]1)C1C(=O)OC(c3ccccc3)C(c3ccccc3)N1C2c1ccc(O)cc1. The maximum atomic E-state index is 16.3. The fourth-order valence-corrected chi connectivity index (χ4v) is 10.4. The molecule has 0 radical (unpaired) electrons. The number of hydrogen-bond acceptors (Lipinski definition) is 10. The summed E-state index contributed by atoms with van der Waals surface area (Å²) in [6.07, 6.45) is 4.17. The zero-order chi connectivity index (χ0) is 45.4. The molecule has 13 nitrogen and oxygen atoms in total. The van der Waals surface area contributed by atoms with Gasteiger partial charge in [0.15, 0.2) is 0 Å². The molecule has 1 aromatic heterocycles. The van der Waals surface area contributed by atoms with Gasteiger partial charge in [-0.1, -0.05) is 103 Å². The number of cyclic esters (lactones) is 1. The van der Waals surface area contributed by atoms with E-state index in [0.29, 0.717) is 33.6 Å². The quantitative estimate of drug-likeness (QED) is 0.0740. The molecule has 3 amide bonds. The van der Waals surface area contributed by atoms with Gasteiger partial charge in [-0.15, -0.1) is 0 Å². The number of carbonyl (C=O) groups is 4. The number of amides is 3. The number of allylic oxidation sites excluding steroid dienone is 2. The van der Waals surface area contributed by atoms with Crippen molar-refractivity contribution in [3.05, 3.63) is 173 Å². The lowest BCUT2D eigenvalue weighted by Crippen LogP contribution is -2.55. The molecule has 5 aromatic carbocycles. The number of aromatic nitrogens is 2. The Kier molecular flexibility index (Phi) is 11.4. The highest BCUT2D eigenvalue weighted by Crippen LogP contribution is 2.66. The average molecular weight is 882 g/mol. The number of benzene rings is 5. The Morgan fingerprint density at radius 2 is 1.61 bits per heavy atom. The summed E-state index contributed by atoms with van der Waals surface area (Å²) in [6.45, 7) is -0.162. The van der Waals surface area contributed by atoms with Gasteiger partial charge in [-0.3, -0.25) is 19.3 Å². The Bertz CT molecular complexity index is 2890. The molecule has 0 bridgehead atoms. The molecule has 6 atom stereocenters. The van der Waals surface area contributed by atoms with E-state index in [-0.39, 0.29) is 31.2 Å². The molecule has 4 heterocycles. The van der Waals surface area contributed by atoms with Gasteiger partial charge in [0.25, 0.3) is 0 Å². The van der Waals surface area contributed by atoms with Gasteiger partial charge in [-0.2, -0.15) is 0 Å². The summed E-state index contributed by atoms with van der Waals surface area (Å²) < 4.78 is 17.4. The zero-order valence-electron chi connectivity index (χ0n) is 36.2. The van der Waals surface area contributed by atoms with E-state index in [1.54, 1.807) is 30.3 Å². The van der Waals surface area contributed by atoms with Crippen LogP contribution in [0.5, 0.6) is 5.75 Å². The molecule has 1 aliphatic carbocycles. The molecular weight excluding hydrogens is 835 g/mol. The highest BCUT2D eigenvalue weighted by Gasteiger charge is 2.75. The largest absolute Gasteiger partial charge is 0.508 e. The Hall–Kier alpha value is -7.53. The lowest BCUT2D eigenvalue weighted by atomic mass is 9.65. The van der Waals surface area contributed by atoms with Crippen molar-refractivity contribution >= 4 is 40.6 Å². The molecule has 3 N–H and O–H groups in total. The van der Waals surface area contributed by atoms with Crippen molar-refractivity contribution in [3.8, 4) is 17.6 Å². The number of H-pyrrole nitrogens is 1. The molecule has 10 rings (SSSR count). The number of aromatic amines is 1. The Balaban J connectivity index is 1.23. The summed E-state index contributed by atoms with van der Waals surface area (Å²) in [4.78, 5) is 72.6. The standard InChI is InChI=1S/C53H47N5O8/c1-64-29-30-65-52(63)57-42-28-23-34(22-21-33-13-5-2-6-14-33)31-39(42)53(51(57)62)44(49(60)54-32-43-55-40-19-11-12-20-41(40)56-43)46-50(61)66-47(36-17-9-4-10-18-36)45(35-15-7-3-8-16-35)58(46)48(53)37-24-26-38(59)27-25-37/h3-4,7-13,15-20,23-28,31,44-48,59H,2,5-6,14,29-30,32H2,1H3,(H,54,60)(H,55,56). The number of para-hydroxylation sites is 2. The highest BCUT2D eigenvalue weighted by molar-refractivity contribution is 6.23. The molecule has 2 fully saturated rings. The smallest absolute Gasteiger partial charge is 0.421 e. The number of fused-ring (bicyclic) bond motifs is 4. The minimum Gasteiger partial charge on any atom is -0.508 e. The molecule has 0 saturated carbocycles. The Morgan fingerprint density at radius 1 is 0.864 bits per heavy atom. The number of morpholine rings is 1. The number of rotatable bonds is 9. The third-order valence-electron chi connectivity index (χ3n) is 13.2. The number of nitrogens with one attached hydrogen (secondary N) is 2. The van der Waals surface area contributed by atoms with Crippen LogP contribution in [-0.4, -0.2) is 70.2 Å². The van der Waals surface area contributed by atoms with E-state index in [2.05, 4.69) is 28.2 Å². The van der Waals surface area contributed by atoms with Crippen molar-refractivity contribution in [1.29, 1.82) is 0 Å². The molecule has 66 heavy (non-hydrogen) atoms. The van der Waals surface area contributed by atoms with Gasteiger partial charge in [-0.25, -0.2) is 14.7 Å². The number of methoxy groups -OCH3 is 1. The minimum atomic E-state index is -2.02. The summed E-state index contributed by atoms with van der Waals surface area (Å²) in [5, 5.41) is 13.8. The van der Waals surface area contributed by atoms with Crippen molar-refractivity contribution in [3.63, 3.8) is 0 Å². The molecule has 6 aromatic rings. The number of nitrogens with zero attached hydrogens (tertiary/aromatic N) is 3. The van der Waals surface area contributed by atoms with Crippen molar-refractivity contribution < 1.29 is 38.5 Å². The number of aromatic hydroxyl groups is 1. The van der Waals surface area contributed by atoms with E-state index in [1.165, 1.54) is 19.2 Å². The van der Waals surface area contributed by atoms with Gasteiger partial charge < -0.3 is 29.6 Å². The van der Waals surface area contributed by atoms with E-state index >= 15 is 14.4 Å². The fraction of sp³-hybridized carbons (Fsp3) is 0.264. The van der Waals surface area contributed by atoms with E-state index in [9.17, 15) is 9.90 Å². The van der Waals surface area contributed by atoms with Gasteiger partial charge in [0.2, 0.25) is 11.8 Å². The molecule has 3 aliphatic heterocycles. The Morgan fingerprint density at radius 3 is 2.33 bits per heavy atom. The van der Waals surface area contributed by atoms with Gasteiger partial charge in [0.05, 0.1) is 47.9 Å². The number of phenols is 1. The van der Waals surface area contributed by atoms with Crippen molar-refractivity contribution in [2.75, 3.05) is 25.2 Å². The number of phenolic OH excluding ortho intramolecular Hbond substituents is 1. The van der Waals surface area contributed by atoms with Crippen LogP contribution in [0.25, 0.3) is 11.0 Å². The van der Waals surface area contributed by atoms with E-state index in [4.69, 9.17) is 19.2 Å². The summed E-state index contributed by atoms with van der Waals surface area (Å²) in [7, 11) is 1.47. The number of anilines is 1. The predicted molar refractivity (Wildman–Crippen MR) is 245 cm³/mol. The summed E-state index contributed by atoms with van der Waals surface area (Å²) in [5.41, 5.74) is 3.47. The third-order valence-corrected chi connectivity index (χ3v) is 13.2. The average Bonchev–Trinajstić information content (AvgIpc) is 4.00. The van der Waals surface area contributed by atoms with Crippen molar-refractivity contribution in [1.82, 2.24) is 20.2 Å². The number of imidazole rings is 1. The van der Waals surface area contributed by atoms with Crippen LogP contribution < -0.4 is 10.2 Å². The monoisotopic (exact) mass is 881 g/mol. The first-order valence-corrected chi connectivity index (χ1v) is 22.2. The summed E-state index contributed by atoms with van der Waals surface area (Å²) >= 11 is 0.